The third-order valence-electron chi connectivity index (χ3n) is 1.89. The van der Waals surface area contributed by atoms with Crippen LogP contribution in [0, 0.1) is 0 Å². The fraction of sp³-hybridized carbons (Fsp3) is 0.250. The van der Waals surface area contributed by atoms with Gasteiger partial charge in [0.15, 0.2) is 4.96 Å². The lowest BCUT2D eigenvalue weighted by atomic mass is 10.2. The van der Waals surface area contributed by atoms with E-state index in [0.717, 1.165) is 0 Å². The molecule has 0 fully saturated rings. The Bertz CT molecular complexity index is 500. The van der Waals surface area contributed by atoms with Gasteiger partial charge in [0.25, 0.3) is 5.56 Å². The Labute approximate surface area is 78.1 Å². The first kappa shape index (κ1) is 8.25. The Morgan fingerprint density at radius 3 is 3.15 bits per heavy atom. The Balaban J connectivity index is 2.93. The molecule has 2 aromatic heterocycles. The highest BCUT2D eigenvalue weighted by Crippen LogP contribution is 2.14. The third kappa shape index (κ3) is 1.12. The Hall–Kier alpha value is -1.36. The van der Waals surface area contributed by atoms with Crippen LogP contribution in [0.5, 0.6) is 5.88 Å². The number of aromatic hydroxyl groups is 1. The van der Waals surface area contributed by atoms with Crippen molar-refractivity contribution in [2.75, 3.05) is 0 Å². The van der Waals surface area contributed by atoms with Crippen molar-refractivity contribution in [1.29, 1.82) is 0 Å². The molecule has 0 aliphatic rings. The Morgan fingerprint density at radius 1 is 1.69 bits per heavy atom. The van der Waals surface area contributed by atoms with Crippen molar-refractivity contribution in [2.24, 2.45) is 0 Å². The van der Waals surface area contributed by atoms with Crippen LogP contribution >= 0.6 is 11.3 Å². The molecule has 5 heteroatoms. The number of aromatic nitrogens is 2. The highest BCUT2D eigenvalue weighted by Gasteiger charge is 2.09. The molecular weight excluding hydrogens is 188 g/mol. The molecule has 0 unspecified atom stereocenters. The molecule has 13 heavy (non-hydrogen) atoms. The van der Waals surface area contributed by atoms with Gasteiger partial charge in [0.1, 0.15) is 0 Å². The number of nitrogens with zero attached hydrogens (tertiary/aromatic N) is 2. The molecule has 4 nitrogen and oxygen atoms in total. The lowest BCUT2D eigenvalue weighted by molar-refractivity contribution is 0.446. The molecule has 0 aliphatic heterocycles. The number of hydrogen-bond donors (Lipinski definition) is 1. The molecule has 0 atom stereocenters. The maximum Gasteiger partial charge on any atom is 0.265 e. The van der Waals surface area contributed by atoms with Gasteiger partial charge >= 0.3 is 0 Å². The van der Waals surface area contributed by atoms with Gasteiger partial charge in [-0.05, 0) is 6.42 Å². The molecular formula is C8H8N2O2S. The summed E-state index contributed by atoms with van der Waals surface area (Å²) < 4.78 is 1.45. The highest BCUT2D eigenvalue weighted by atomic mass is 32.1. The fourth-order valence-corrected chi connectivity index (χ4v) is 1.92. The maximum absolute atomic E-state index is 11.6. The summed E-state index contributed by atoms with van der Waals surface area (Å²) >= 11 is 1.33. The fourth-order valence-electron chi connectivity index (χ4n) is 1.22. The van der Waals surface area contributed by atoms with E-state index in [1.807, 2.05) is 6.92 Å². The van der Waals surface area contributed by atoms with Crippen LogP contribution in [0.15, 0.2) is 16.4 Å². The number of fused-ring (bicyclic) bond motifs is 1. The van der Waals surface area contributed by atoms with Gasteiger partial charge in [0.2, 0.25) is 5.88 Å². The van der Waals surface area contributed by atoms with Crippen molar-refractivity contribution in [3.63, 3.8) is 0 Å². The summed E-state index contributed by atoms with van der Waals surface area (Å²) in [7, 11) is 0. The van der Waals surface area contributed by atoms with E-state index in [2.05, 4.69) is 4.98 Å². The topological polar surface area (TPSA) is 54.6 Å². The van der Waals surface area contributed by atoms with Crippen LogP contribution in [0.3, 0.4) is 0 Å². The summed E-state index contributed by atoms with van der Waals surface area (Å²) in [5.41, 5.74) is 0.196. The van der Waals surface area contributed by atoms with Gasteiger partial charge in [-0.15, -0.1) is 11.3 Å². The molecule has 0 saturated heterocycles. The van der Waals surface area contributed by atoms with Crippen LogP contribution in [0.2, 0.25) is 0 Å². The van der Waals surface area contributed by atoms with Gasteiger partial charge in [0.05, 0.1) is 5.56 Å². The number of hydrogen-bond acceptors (Lipinski definition) is 4. The summed E-state index contributed by atoms with van der Waals surface area (Å²) in [6.07, 6.45) is 2.16. The number of thiazole rings is 1. The van der Waals surface area contributed by atoms with E-state index in [0.29, 0.717) is 16.9 Å². The molecule has 1 N–H and O–H groups in total. The first-order valence-corrected chi connectivity index (χ1v) is 4.79. The molecule has 0 spiro atoms. The van der Waals surface area contributed by atoms with E-state index < -0.39 is 0 Å². The minimum absolute atomic E-state index is 0.144. The quantitative estimate of drug-likeness (QED) is 0.741. The standard InChI is InChI=1S/C8H8N2O2S/c1-2-5-6(11)9-8-10(7(5)12)3-4-13-8/h3-4,11H,2H2,1H3. The molecule has 0 aliphatic carbocycles. The second-order valence-electron chi connectivity index (χ2n) is 2.63. The van der Waals surface area contributed by atoms with Gasteiger partial charge in [-0.3, -0.25) is 9.20 Å². The molecule has 2 rings (SSSR count). The monoisotopic (exact) mass is 196 g/mol. The van der Waals surface area contributed by atoms with Gasteiger partial charge in [0, 0.05) is 11.6 Å². The molecule has 2 heterocycles. The minimum atomic E-state index is -0.175. The largest absolute Gasteiger partial charge is 0.493 e. The summed E-state index contributed by atoms with van der Waals surface area (Å²) in [4.78, 5) is 16.0. The number of rotatable bonds is 1. The smallest absolute Gasteiger partial charge is 0.265 e. The summed E-state index contributed by atoms with van der Waals surface area (Å²) in [5, 5.41) is 11.2. The molecule has 0 radical (unpaired) electrons. The van der Waals surface area contributed by atoms with E-state index in [4.69, 9.17) is 0 Å². The zero-order valence-corrected chi connectivity index (χ0v) is 7.84. The maximum atomic E-state index is 11.6. The normalized spacial score (nSPS) is 10.8. The van der Waals surface area contributed by atoms with E-state index in [1.165, 1.54) is 15.7 Å². The van der Waals surface area contributed by atoms with Gasteiger partial charge < -0.3 is 5.11 Å². The lowest BCUT2D eigenvalue weighted by Gasteiger charge is -1.99. The Morgan fingerprint density at radius 2 is 2.46 bits per heavy atom. The van der Waals surface area contributed by atoms with Crippen LogP contribution in [-0.4, -0.2) is 14.5 Å². The minimum Gasteiger partial charge on any atom is -0.493 e. The summed E-state index contributed by atoms with van der Waals surface area (Å²) in [6, 6.07) is 0. The molecule has 0 saturated carbocycles. The first-order valence-electron chi connectivity index (χ1n) is 3.91. The molecule has 2 aromatic rings. The van der Waals surface area contributed by atoms with Crippen LogP contribution in [0.4, 0.5) is 0 Å². The third-order valence-corrected chi connectivity index (χ3v) is 2.65. The van der Waals surface area contributed by atoms with Gasteiger partial charge in [-0.2, -0.15) is 4.98 Å². The predicted octanol–water partition coefficient (Wildman–Crippen LogP) is 1.02. The summed E-state index contributed by atoms with van der Waals surface area (Å²) in [5.74, 6) is -0.144. The van der Waals surface area contributed by atoms with Crippen LogP contribution < -0.4 is 5.56 Å². The van der Waals surface area contributed by atoms with E-state index in [9.17, 15) is 9.90 Å². The second kappa shape index (κ2) is 2.85. The van der Waals surface area contributed by atoms with Gasteiger partial charge in [-0.25, -0.2) is 0 Å². The average Bonchev–Trinajstić information content (AvgIpc) is 2.53. The second-order valence-corrected chi connectivity index (χ2v) is 3.50. The van der Waals surface area contributed by atoms with E-state index in [-0.39, 0.29) is 11.4 Å². The zero-order chi connectivity index (χ0) is 9.42. The van der Waals surface area contributed by atoms with E-state index in [1.54, 1.807) is 11.6 Å². The van der Waals surface area contributed by atoms with Crippen LogP contribution in [0.25, 0.3) is 4.96 Å². The Kier molecular flexibility index (Phi) is 1.81. The van der Waals surface area contributed by atoms with Gasteiger partial charge in [-0.1, -0.05) is 6.92 Å². The van der Waals surface area contributed by atoms with E-state index >= 15 is 0 Å². The predicted molar refractivity (Wildman–Crippen MR) is 50.4 cm³/mol. The lowest BCUT2D eigenvalue weighted by Crippen LogP contribution is -2.17. The molecule has 0 amide bonds. The summed E-state index contributed by atoms with van der Waals surface area (Å²) in [6.45, 7) is 1.82. The molecule has 0 bridgehead atoms. The van der Waals surface area contributed by atoms with Crippen molar-refractivity contribution in [3.8, 4) is 5.88 Å². The van der Waals surface area contributed by atoms with Crippen molar-refractivity contribution >= 4 is 16.3 Å². The average molecular weight is 196 g/mol. The first-order chi connectivity index (χ1) is 6.24. The van der Waals surface area contributed by atoms with Crippen LogP contribution in [0.1, 0.15) is 12.5 Å². The molecule has 68 valence electrons. The van der Waals surface area contributed by atoms with Crippen molar-refractivity contribution in [1.82, 2.24) is 9.38 Å². The van der Waals surface area contributed by atoms with Crippen molar-refractivity contribution < 1.29 is 5.11 Å². The van der Waals surface area contributed by atoms with Crippen molar-refractivity contribution in [3.05, 3.63) is 27.5 Å². The highest BCUT2D eigenvalue weighted by molar-refractivity contribution is 7.15. The van der Waals surface area contributed by atoms with Crippen LogP contribution in [-0.2, 0) is 6.42 Å². The molecule has 0 aromatic carbocycles. The van der Waals surface area contributed by atoms with Crippen molar-refractivity contribution in [2.45, 2.75) is 13.3 Å². The zero-order valence-electron chi connectivity index (χ0n) is 7.02. The SMILES string of the molecule is CCc1c(O)nc2sccn2c1=O.